The highest BCUT2D eigenvalue weighted by molar-refractivity contribution is 6.31. The predicted octanol–water partition coefficient (Wildman–Crippen LogP) is 6.36. The zero-order valence-electron chi connectivity index (χ0n) is 24.9. The van der Waals surface area contributed by atoms with Gasteiger partial charge in [0, 0.05) is 48.0 Å². The molecule has 0 saturated heterocycles. The van der Waals surface area contributed by atoms with Crippen LogP contribution in [0.25, 0.3) is 22.4 Å². The Morgan fingerprint density at radius 2 is 1.79 bits per heavy atom. The van der Waals surface area contributed by atoms with Gasteiger partial charge in [0.2, 0.25) is 5.91 Å². The highest BCUT2D eigenvalue weighted by atomic mass is 35.5. The molecule has 2 amide bonds. The predicted molar refractivity (Wildman–Crippen MR) is 166 cm³/mol. The largest absolute Gasteiger partial charge is 0.444 e. The molecule has 0 radical (unpaired) electrons. The highest BCUT2D eigenvalue weighted by Crippen LogP contribution is 2.28. The van der Waals surface area contributed by atoms with Gasteiger partial charge in [0.25, 0.3) is 5.56 Å². The molecule has 2 aromatic carbocycles. The van der Waals surface area contributed by atoms with Crippen LogP contribution in [0, 0.1) is 5.82 Å². The number of nitrogens with zero attached hydrogens (tertiary/aromatic N) is 3. The zero-order valence-corrected chi connectivity index (χ0v) is 25.7. The fourth-order valence-electron chi connectivity index (χ4n) is 4.51. The number of amides is 2. The molecule has 9 nitrogen and oxygen atoms in total. The van der Waals surface area contributed by atoms with E-state index >= 15 is 4.39 Å². The second-order valence-corrected chi connectivity index (χ2v) is 11.9. The summed E-state index contributed by atoms with van der Waals surface area (Å²) in [4.78, 5) is 42.6. The lowest BCUT2D eigenvalue weighted by Gasteiger charge is -2.24. The SMILES string of the molecule is CC(C)n1cc(-c2ccc(Cl)c(CC(NC(=O)OC(C)(C)C)C(=O)Nc3ccc(-c4cncn4C)c(F)c3)c2)ccc1=O. The van der Waals surface area contributed by atoms with E-state index in [4.69, 9.17) is 16.3 Å². The molecule has 4 rings (SSSR count). The summed E-state index contributed by atoms with van der Waals surface area (Å²) in [5, 5.41) is 5.72. The Balaban J connectivity index is 1.63. The number of rotatable bonds is 8. The molecule has 2 N–H and O–H groups in total. The van der Waals surface area contributed by atoms with Gasteiger partial charge in [-0.2, -0.15) is 0 Å². The van der Waals surface area contributed by atoms with Gasteiger partial charge >= 0.3 is 6.09 Å². The molecular weight excluding hydrogens is 573 g/mol. The molecular formula is C32H35ClFN5O4. The van der Waals surface area contributed by atoms with Gasteiger partial charge in [-0.15, -0.1) is 0 Å². The normalized spacial score (nSPS) is 12.2. The Kier molecular flexibility index (Phi) is 9.40. The number of anilines is 1. The molecule has 2 heterocycles. The van der Waals surface area contributed by atoms with Crippen LogP contribution in [0.2, 0.25) is 5.02 Å². The molecule has 2 aromatic heterocycles. The Hall–Kier alpha value is -4.44. The number of pyridine rings is 1. The Morgan fingerprint density at radius 3 is 2.42 bits per heavy atom. The maximum atomic E-state index is 15.0. The van der Waals surface area contributed by atoms with Crippen molar-refractivity contribution in [3.63, 3.8) is 0 Å². The zero-order chi connectivity index (χ0) is 31.5. The van der Waals surface area contributed by atoms with Crippen molar-refractivity contribution >= 4 is 29.3 Å². The van der Waals surface area contributed by atoms with Crippen molar-refractivity contribution in [3.05, 3.63) is 94.0 Å². The van der Waals surface area contributed by atoms with Crippen molar-refractivity contribution in [2.75, 3.05) is 5.32 Å². The van der Waals surface area contributed by atoms with Gasteiger partial charge < -0.3 is 24.5 Å². The first kappa shape index (κ1) is 31.5. The lowest BCUT2D eigenvalue weighted by molar-refractivity contribution is -0.118. The first-order valence-electron chi connectivity index (χ1n) is 13.8. The standard InChI is InChI=1S/C32H35ClFN5O4/c1-19(2)39-17-21(8-12-29(39)40)20-7-11-25(33)22(13-20)14-27(37-31(42)43-32(3,4)5)30(41)36-23-9-10-24(26(34)15-23)28-16-35-18-38(28)6/h7-13,15-19,27H,14H2,1-6H3,(H,36,41)(H,37,42). The molecule has 0 bridgehead atoms. The van der Waals surface area contributed by atoms with Gasteiger partial charge in [-0.25, -0.2) is 14.2 Å². The summed E-state index contributed by atoms with van der Waals surface area (Å²) < 4.78 is 23.7. The van der Waals surface area contributed by atoms with E-state index in [1.54, 1.807) is 79.9 Å². The number of imidazole rings is 1. The van der Waals surface area contributed by atoms with Crippen LogP contribution in [-0.4, -0.2) is 37.8 Å². The quantitative estimate of drug-likeness (QED) is 0.242. The van der Waals surface area contributed by atoms with Gasteiger partial charge in [0.1, 0.15) is 17.5 Å². The van der Waals surface area contributed by atoms with Gasteiger partial charge in [-0.1, -0.05) is 17.7 Å². The van der Waals surface area contributed by atoms with E-state index < -0.39 is 29.5 Å². The van der Waals surface area contributed by atoms with Gasteiger partial charge in [0.05, 0.1) is 18.2 Å². The molecule has 0 spiro atoms. The molecule has 43 heavy (non-hydrogen) atoms. The number of nitrogens with one attached hydrogen (secondary N) is 2. The minimum absolute atomic E-state index is 0.0111. The second kappa shape index (κ2) is 12.8. The lowest BCUT2D eigenvalue weighted by Crippen LogP contribution is -2.47. The average molecular weight is 608 g/mol. The highest BCUT2D eigenvalue weighted by Gasteiger charge is 2.26. The first-order valence-corrected chi connectivity index (χ1v) is 14.2. The van der Waals surface area contributed by atoms with Crippen LogP contribution in [0.1, 0.15) is 46.2 Å². The molecule has 4 aromatic rings. The number of carbonyl (C=O) groups excluding carboxylic acids is 2. The first-order chi connectivity index (χ1) is 20.2. The molecule has 1 unspecified atom stereocenters. The van der Waals surface area contributed by atoms with Gasteiger partial charge in [0.15, 0.2) is 0 Å². The minimum Gasteiger partial charge on any atom is -0.444 e. The molecule has 0 saturated carbocycles. The van der Waals surface area contributed by atoms with Crippen molar-refractivity contribution in [2.45, 2.75) is 58.7 Å². The summed E-state index contributed by atoms with van der Waals surface area (Å²) in [6.07, 6.45) is 4.11. The van der Waals surface area contributed by atoms with E-state index in [2.05, 4.69) is 15.6 Å². The Morgan fingerprint density at radius 1 is 1.07 bits per heavy atom. The van der Waals surface area contributed by atoms with Crippen LogP contribution in [0.4, 0.5) is 14.9 Å². The number of halogens is 2. The number of aryl methyl sites for hydroxylation is 1. The number of hydrogen-bond acceptors (Lipinski definition) is 5. The summed E-state index contributed by atoms with van der Waals surface area (Å²) in [6, 6.07) is 11.7. The maximum absolute atomic E-state index is 15.0. The van der Waals surface area contributed by atoms with Crippen molar-refractivity contribution < 1.29 is 18.7 Å². The number of carbonyl (C=O) groups is 2. The molecule has 1 atom stereocenters. The van der Waals surface area contributed by atoms with E-state index in [-0.39, 0.29) is 23.7 Å². The molecule has 0 aliphatic carbocycles. The third-order valence-corrected chi connectivity index (χ3v) is 7.00. The van der Waals surface area contributed by atoms with Crippen molar-refractivity contribution in [3.8, 4) is 22.4 Å². The summed E-state index contributed by atoms with van der Waals surface area (Å²) in [6.45, 7) is 8.98. The van der Waals surface area contributed by atoms with E-state index in [9.17, 15) is 14.4 Å². The van der Waals surface area contributed by atoms with E-state index in [1.807, 2.05) is 26.0 Å². The van der Waals surface area contributed by atoms with Crippen LogP contribution in [0.15, 0.2) is 72.0 Å². The third kappa shape index (κ3) is 7.90. The Bertz CT molecular complexity index is 1710. The van der Waals surface area contributed by atoms with E-state index in [1.165, 1.54) is 12.1 Å². The number of alkyl carbamates (subject to hydrolysis) is 1. The molecule has 11 heteroatoms. The molecule has 0 aliphatic rings. The lowest BCUT2D eigenvalue weighted by atomic mass is 9.99. The number of ether oxygens (including phenoxy) is 1. The monoisotopic (exact) mass is 607 g/mol. The summed E-state index contributed by atoms with van der Waals surface area (Å²) >= 11 is 6.55. The van der Waals surface area contributed by atoms with Crippen molar-refractivity contribution in [2.24, 2.45) is 7.05 Å². The molecule has 226 valence electrons. The number of hydrogen-bond donors (Lipinski definition) is 2. The average Bonchev–Trinajstić information content (AvgIpc) is 3.34. The summed E-state index contributed by atoms with van der Waals surface area (Å²) in [5.74, 6) is -1.13. The van der Waals surface area contributed by atoms with Crippen molar-refractivity contribution in [1.29, 1.82) is 0 Å². The summed E-state index contributed by atoms with van der Waals surface area (Å²) in [7, 11) is 1.76. The van der Waals surface area contributed by atoms with Crippen molar-refractivity contribution in [1.82, 2.24) is 19.4 Å². The second-order valence-electron chi connectivity index (χ2n) is 11.5. The van der Waals surface area contributed by atoms with Crippen LogP contribution >= 0.6 is 11.6 Å². The van der Waals surface area contributed by atoms with Crippen LogP contribution in [-0.2, 0) is 23.0 Å². The molecule has 0 aliphatic heterocycles. The summed E-state index contributed by atoms with van der Waals surface area (Å²) in [5.41, 5.74) is 2.35. The topological polar surface area (TPSA) is 107 Å². The minimum atomic E-state index is -1.12. The maximum Gasteiger partial charge on any atom is 0.408 e. The molecule has 0 fully saturated rings. The van der Waals surface area contributed by atoms with Crippen LogP contribution in [0.5, 0.6) is 0 Å². The Labute approximate surface area is 254 Å². The fourth-order valence-corrected chi connectivity index (χ4v) is 4.71. The fraction of sp³-hybridized carbons (Fsp3) is 0.312. The smallest absolute Gasteiger partial charge is 0.408 e. The number of aromatic nitrogens is 3. The third-order valence-electron chi connectivity index (χ3n) is 6.63. The van der Waals surface area contributed by atoms with Crippen LogP contribution in [0.3, 0.4) is 0 Å². The van der Waals surface area contributed by atoms with E-state index in [0.29, 0.717) is 21.8 Å². The van der Waals surface area contributed by atoms with E-state index in [0.717, 1.165) is 11.1 Å². The number of benzene rings is 2. The van der Waals surface area contributed by atoms with Crippen LogP contribution < -0.4 is 16.2 Å². The van der Waals surface area contributed by atoms with Gasteiger partial charge in [-0.3, -0.25) is 9.59 Å². The van der Waals surface area contributed by atoms with Gasteiger partial charge in [-0.05, 0) is 87.7 Å².